The largest absolute Gasteiger partial charge is 0.497 e. The highest BCUT2D eigenvalue weighted by Crippen LogP contribution is 2.44. The zero-order valence-corrected chi connectivity index (χ0v) is 22.3. The number of nitrogens with one attached hydrogen (secondary N) is 1. The number of pyridine rings is 1. The average molecular weight is 497 g/mol. The molecule has 0 bridgehead atoms. The molecule has 1 aliphatic heterocycles. The van der Waals surface area contributed by atoms with Crippen LogP contribution in [0.25, 0.3) is 5.69 Å². The number of ether oxygens (including phenoxy) is 1. The number of anilines is 1. The topological polar surface area (TPSA) is 42.3 Å². The second kappa shape index (κ2) is 9.78. The van der Waals surface area contributed by atoms with E-state index in [0.717, 1.165) is 23.6 Å². The fourth-order valence-electron chi connectivity index (χ4n) is 5.45. The molecule has 1 aliphatic rings. The molecule has 2 aromatic carbocycles. The van der Waals surface area contributed by atoms with Crippen molar-refractivity contribution in [2.75, 3.05) is 12.0 Å². The summed E-state index contributed by atoms with van der Waals surface area (Å²) in [6.45, 7) is 8.82. The summed E-state index contributed by atoms with van der Waals surface area (Å²) in [6.07, 6.45) is 2.82. The van der Waals surface area contributed by atoms with Crippen LogP contribution in [0.1, 0.15) is 52.8 Å². The minimum absolute atomic E-state index is 0.0603. The summed E-state index contributed by atoms with van der Waals surface area (Å²) in [7, 11) is 1.68. The average Bonchev–Trinajstić information content (AvgIpc) is 3.39. The Bertz CT molecular complexity index is 1390. The van der Waals surface area contributed by atoms with E-state index in [1.807, 2.05) is 30.5 Å². The molecule has 5 rings (SSSR count). The van der Waals surface area contributed by atoms with Crippen LogP contribution in [0.5, 0.6) is 5.75 Å². The first kappa shape index (κ1) is 24.1. The molecule has 0 aliphatic carbocycles. The van der Waals surface area contributed by atoms with Gasteiger partial charge >= 0.3 is 0 Å². The SMILES string of the molecule is CCc1cccc(C)c1-n1c(C)cc([C@H]2[C@@H](c3ccccn3)NC(=S)N2c2ccc(OC)cc2)c1C. The molecule has 1 N–H and O–H groups in total. The molecule has 6 heteroatoms. The molecule has 0 spiro atoms. The predicted octanol–water partition coefficient (Wildman–Crippen LogP) is 6.55. The third-order valence-corrected chi connectivity index (χ3v) is 7.48. The first-order chi connectivity index (χ1) is 17.4. The summed E-state index contributed by atoms with van der Waals surface area (Å²) < 4.78 is 7.81. The van der Waals surface area contributed by atoms with Crippen molar-refractivity contribution in [3.05, 3.63) is 107 Å². The fourth-order valence-corrected chi connectivity index (χ4v) is 5.79. The molecule has 0 unspecified atom stereocenters. The zero-order valence-electron chi connectivity index (χ0n) is 21.4. The summed E-state index contributed by atoms with van der Waals surface area (Å²) in [6, 6.07) is 22.9. The molecule has 0 amide bonds. The Morgan fingerprint density at radius 3 is 2.44 bits per heavy atom. The molecule has 1 fully saturated rings. The lowest BCUT2D eigenvalue weighted by atomic mass is 9.96. The van der Waals surface area contributed by atoms with Gasteiger partial charge in [0.1, 0.15) is 5.75 Å². The quantitative estimate of drug-likeness (QED) is 0.307. The van der Waals surface area contributed by atoms with Gasteiger partial charge in [-0.25, -0.2) is 0 Å². The lowest BCUT2D eigenvalue weighted by Gasteiger charge is -2.28. The van der Waals surface area contributed by atoms with Gasteiger partial charge in [-0.1, -0.05) is 31.2 Å². The molecular formula is C30H32N4OS. The first-order valence-electron chi connectivity index (χ1n) is 12.4. The molecule has 1 saturated heterocycles. The van der Waals surface area contributed by atoms with Gasteiger partial charge in [0.15, 0.2) is 5.11 Å². The minimum Gasteiger partial charge on any atom is -0.497 e. The lowest BCUT2D eigenvalue weighted by Crippen LogP contribution is -2.29. The lowest BCUT2D eigenvalue weighted by molar-refractivity contribution is 0.415. The van der Waals surface area contributed by atoms with Gasteiger partial charge in [-0.2, -0.15) is 0 Å². The molecule has 0 saturated carbocycles. The molecule has 2 atom stereocenters. The van der Waals surface area contributed by atoms with E-state index in [2.05, 4.69) is 84.9 Å². The van der Waals surface area contributed by atoms with Crippen LogP contribution in [0.3, 0.4) is 0 Å². The number of para-hydroxylation sites is 1. The predicted molar refractivity (Wildman–Crippen MR) is 150 cm³/mol. The minimum atomic E-state index is -0.0859. The maximum atomic E-state index is 5.92. The Morgan fingerprint density at radius 1 is 1.00 bits per heavy atom. The molecule has 184 valence electrons. The van der Waals surface area contributed by atoms with Crippen LogP contribution >= 0.6 is 12.2 Å². The van der Waals surface area contributed by atoms with Crippen LogP contribution in [0.4, 0.5) is 5.69 Å². The molecule has 5 nitrogen and oxygen atoms in total. The molecule has 3 heterocycles. The van der Waals surface area contributed by atoms with Gasteiger partial charge in [-0.3, -0.25) is 4.98 Å². The normalized spacial score (nSPS) is 17.4. The van der Waals surface area contributed by atoms with E-state index < -0.39 is 0 Å². The number of methoxy groups -OCH3 is 1. The van der Waals surface area contributed by atoms with E-state index in [0.29, 0.717) is 5.11 Å². The van der Waals surface area contributed by atoms with Crippen molar-refractivity contribution in [3.8, 4) is 11.4 Å². The second-order valence-corrected chi connectivity index (χ2v) is 9.68. The van der Waals surface area contributed by atoms with Gasteiger partial charge in [0.25, 0.3) is 0 Å². The van der Waals surface area contributed by atoms with Crippen LogP contribution in [0.2, 0.25) is 0 Å². The maximum absolute atomic E-state index is 5.92. The smallest absolute Gasteiger partial charge is 0.174 e. The van der Waals surface area contributed by atoms with Gasteiger partial charge in [0.2, 0.25) is 0 Å². The number of benzene rings is 2. The van der Waals surface area contributed by atoms with Gasteiger partial charge in [0.05, 0.1) is 30.6 Å². The Balaban J connectivity index is 1.70. The van der Waals surface area contributed by atoms with Crippen molar-refractivity contribution >= 4 is 23.0 Å². The number of hydrogen-bond donors (Lipinski definition) is 1. The number of rotatable bonds is 6. The van der Waals surface area contributed by atoms with Gasteiger partial charge in [0, 0.05) is 23.3 Å². The van der Waals surface area contributed by atoms with Crippen LogP contribution in [-0.2, 0) is 6.42 Å². The van der Waals surface area contributed by atoms with Crippen molar-refractivity contribution in [2.24, 2.45) is 0 Å². The number of thiocarbonyl (C=S) groups is 1. The van der Waals surface area contributed by atoms with Crippen LogP contribution in [0.15, 0.2) is 72.9 Å². The van der Waals surface area contributed by atoms with E-state index in [1.54, 1.807) is 7.11 Å². The highest BCUT2D eigenvalue weighted by atomic mass is 32.1. The maximum Gasteiger partial charge on any atom is 0.174 e. The zero-order chi connectivity index (χ0) is 25.4. The summed E-state index contributed by atoms with van der Waals surface area (Å²) in [5.74, 6) is 0.819. The first-order valence-corrected chi connectivity index (χ1v) is 12.8. The van der Waals surface area contributed by atoms with E-state index in [9.17, 15) is 0 Å². The van der Waals surface area contributed by atoms with E-state index in [-0.39, 0.29) is 12.1 Å². The van der Waals surface area contributed by atoms with Crippen molar-refractivity contribution in [1.29, 1.82) is 0 Å². The second-order valence-electron chi connectivity index (χ2n) is 9.29. The van der Waals surface area contributed by atoms with Gasteiger partial charge in [-0.05, 0) is 98.6 Å². The Kier molecular flexibility index (Phi) is 6.54. The van der Waals surface area contributed by atoms with Crippen molar-refractivity contribution in [2.45, 2.75) is 46.2 Å². The third-order valence-electron chi connectivity index (χ3n) is 7.16. The number of aryl methyl sites for hydroxylation is 3. The Hall–Kier alpha value is -3.64. The molecule has 36 heavy (non-hydrogen) atoms. The van der Waals surface area contributed by atoms with Crippen LogP contribution < -0.4 is 15.0 Å². The van der Waals surface area contributed by atoms with E-state index in [4.69, 9.17) is 21.9 Å². The van der Waals surface area contributed by atoms with Crippen molar-refractivity contribution in [3.63, 3.8) is 0 Å². The Labute approximate surface area is 218 Å². The number of aromatic nitrogens is 2. The molecule has 4 aromatic rings. The summed E-state index contributed by atoms with van der Waals surface area (Å²) in [4.78, 5) is 6.93. The third kappa shape index (κ3) is 4.05. The van der Waals surface area contributed by atoms with E-state index in [1.165, 1.54) is 33.8 Å². The summed E-state index contributed by atoms with van der Waals surface area (Å²) >= 11 is 5.92. The molecular weight excluding hydrogens is 464 g/mol. The standard InChI is InChI=1S/C30H32N4OS/c1-6-22-11-9-10-19(2)28(22)33-20(3)18-25(21(33)4)29-27(26-12-7-8-17-31-26)32-30(36)34(29)23-13-15-24(35-5)16-14-23/h7-18,27,29H,6H2,1-5H3,(H,32,36)/t27-,29+/m1/s1. The van der Waals surface area contributed by atoms with E-state index >= 15 is 0 Å². The number of nitrogens with zero attached hydrogens (tertiary/aromatic N) is 3. The Morgan fingerprint density at radius 2 is 1.78 bits per heavy atom. The number of hydrogen-bond acceptors (Lipinski definition) is 3. The van der Waals surface area contributed by atoms with Crippen molar-refractivity contribution in [1.82, 2.24) is 14.9 Å². The fraction of sp³-hybridized carbons (Fsp3) is 0.267. The highest BCUT2D eigenvalue weighted by Gasteiger charge is 2.42. The van der Waals surface area contributed by atoms with Gasteiger partial charge < -0.3 is 19.5 Å². The summed E-state index contributed by atoms with van der Waals surface area (Å²) in [5, 5.41) is 4.27. The van der Waals surface area contributed by atoms with Crippen LogP contribution in [-0.4, -0.2) is 21.8 Å². The molecule has 2 aromatic heterocycles. The van der Waals surface area contributed by atoms with Crippen molar-refractivity contribution < 1.29 is 4.74 Å². The monoisotopic (exact) mass is 496 g/mol. The summed E-state index contributed by atoms with van der Waals surface area (Å²) in [5.41, 5.74) is 9.54. The van der Waals surface area contributed by atoms with Crippen LogP contribution in [0, 0.1) is 20.8 Å². The highest BCUT2D eigenvalue weighted by molar-refractivity contribution is 7.80. The molecule has 0 radical (unpaired) electrons. The van der Waals surface area contributed by atoms with Gasteiger partial charge in [-0.15, -0.1) is 0 Å².